The van der Waals surface area contributed by atoms with E-state index in [0.717, 1.165) is 43.9 Å². The summed E-state index contributed by atoms with van der Waals surface area (Å²) < 4.78 is 11.7. The Morgan fingerprint density at radius 1 is 1.24 bits per heavy atom. The van der Waals surface area contributed by atoms with Gasteiger partial charge in [-0.15, -0.1) is 0 Å². The smallest absolute Gasteiger partial charge is 0.315 e. The second-order valence-corrected chi connectivity index (χ2v) is 7.18. The lowest BCUT2D eigenvalue weighted by atomic mass is 10.0. The number of carbonyl (C=O) groups excluding carboxylic acids is 1. The number of amides is 2. The van der Waals surface area contributed by atoms with Crippen molar-refractivity contribution in [3.05, 3.63) is 29.8 Å². The second-order valence-electron chi connectivity index (χ2n) is 7.18. The van der Waals surface area contributed by atoms with Crippen LogP contribution in [0.5, 0.6) is 5.75 Å². The Kier molecular flexibility index (Phi) is 5.08. The third-order valence-corrected chi connectivity index (χ3v) is 5.45. The lowest BCUT2D eigenvalue weighted by Gasteiger charge is -2.35. The van der Waals surface area contributed by atoms with Crippen LogP contribution in [0, 0.1) is 0 Å². The number of carbonyl (C=O) groups is 1. The summed E-state index contributed by atoms with van der Waals surface area (Å²) in [5.41, 5.74) is 1.06. The molecule has 3 aliphatic heterocycles. The standard InChI is InChI=1S/C19H27N3O3/c23-19(20-11-15-12-22-9-3-5-14(22)13-25-15)21-17-7-4-10-24-18-8-2-1-6-16(17)18/h1-2,6,8,14-15,17H,3-5,7,9-13H2,(H2,20,21,23)/t14-,15-,17+/m1/s1. The molecule has 4 rings (SSSR count). The molecular weight excluding hydrogens is 318 g/mol. The summed E-state index contributed by atoms with van der Waals surface area (Å²) in [4.78, 5) is 14.9. The molecule has 0 radical (unpaired) electrons. The van der Waals surface area contributed by atoms with Crippen molar-refractivity contribution >= 4 is 6.03 Å². The number of hydrogen-bond donors (Lipinski definition) is 2. The highest BCUT2D eigenvalue weighted by Gasteiger charge is 2.32. The van der Waals surface area contributed by atoms with E-state index in [4.69, 9.17) is 9.47 Å². The molecule has 136 valence electrons. The maximum Gasteiger partial charge on any atom is 0.315 e. The molecule has 2 saturated heterocycles. The first-order chi connectivity index (χ1) is 12.3. The van der Waals surface area contributed by atoms with E-state index >= 15 is 0 Å². The van der Waals surface area contributed by atoms with Crippen molar-refractivity contribution in [1.82, 2.24) is 15.5 Å². The van der Waals surface area contributed by atoms with Gasteiger partial charge >= 0.3 is 6.03 Å². The molecule has 2 amide bonds. The largest absolute Gasteiger partial charge is 0.493 e. The number of hydrogen-bond acceptors (Lipinski definition) is 4. The Morgan fingerprint density at radius 2 is 2.16 bits per heavy atom. The molecule has 2 N–H and O–H groups in total. The number of urea groups is 1. The molecule has 3 atom stereocenters. The molecule has 1 aromatic carbocycles. The van der Waals surface area contributed by atoms with E-state index in [1.807, 2.05) is 24.3 Å². The molecule has 6 nitrogen and oxygen atoms in total. The molecule has 0 bridgehead atoms. The third-order valence-electron chi connectivity index (χ3n) is 5.45. The normalized spacial score (nSPS) is 29.0. The molecule has 3 aliphatic rings. The number of nitrogens with zero attached hydrogens (tertiary/aromatic N) is 1. The highest BCUT2D eigenvalue weighted by Crippen LogP contribution is 2.31. The number of morpholine rings is 1. The zero-order chi connectivity index (χ0) is 17.1. The average Bonchev–Trinajstić information content (AvgIpc) is 3.01. The topological polar surface area (TPSA) is 62.8 Å². The van der Waals surface area contributed by atoms with E-state index in [-0.39, 0.29) is 18.2 Å². The molecule has 6 heteroatoms. The van der Waals surface area contributed by atoms with Crippen LogP contribution < -0.4 is 15.4 Å². The Bertz CT molecular complexity index is 609. The van der Waals surface area contributed by atoms with Gasteiger partial charge in [-0.2, -0.15) is 0 Å². The zero-order valence-electron chi connectivity index (χ0n) is 14.6. The number of benzene rings is 1. The number of nitrogens with one attached hydrogen (secondary N) is 2. The third kappa shape index (κ3) is 3.90. The molecule has 25 heavy (non-hydrogen) atoms. The van der Waals surface area contributed by atoms with Crippen LogP contribution in [-0.2, 0) is 4.74 Å². The van der Waals surface area contributed by atoms with Crippen molar-refractivity contribution in [3.8, 4) is 5.75 Å². The van der Waals surface area contributed by atoms with Gasteiger partial charge in [-0.1, -0.05) is 18.2 Å². The van der Waals surface area contributed by atoms with Crippen molar-refractivity contribution in [2.24, 2.45) is 0 Å². The Labute approximate surface area is 148 Å². The number of ether oxygens (including phenoxy) is 2. The fourth-order valence-electron chi connectivity index (χ4n) is 4.10. The molecule has 3 heterocycles. The average molecular weight is 345 g/mol. The van der Waals surface area contributed by atoms with Gasteiger partial charge in [0.2, 0.25) is 0 Å². The minimum Gasteiger partial charge on any atom is -0.493 e. The summed E-state index contributed by atoms with van der Waals surface area (Å²) in [5.74, 6) is 0.876. The second kappa shape index (κ2) is 7.62. The van der Waals surface area contributed by atoms with E-state index < -0.39 is 0 Å². The van der Waals surface area contributed by atoms with Crippen LogP contribution >= 0.6 is 0 Å². The predicted octanol–water partition coefficient (Wildman–Crippen LogP) is 2.06. The summed E-state index contributed by atoms with van der Waals surface area (Å²) >= 11 is 0. The van der Waals surface area contributed by atoms with Crippen LogP contribution in [0.4, 0.5) is 4.79 Å². The highest BCUT2D eigenvalue weighted by molar-refractivity contribution is 5.74. The minimum absolute atomic E-state index is 0.00561. The van der Waals surface area contributed by atoms with Crippen LogP contribution in [0.3, 0.4) is 0 Å². The van der Waals surface area contributed by atoms with E-state index in [9.17, 15) is 4.79 Å². The fraction of sp³-hybridized carbons (Fsp3) is 0.632. The number of para-hydroxylation sites is 1. The summed E-state index contributed by atoms with van der Waals surface area (Å²) in [7, 11) is 0. The minimum atomic E-state index is -0.131. The maximum absolute atomic E-state index is 12.4. The molecule has 0 aromatic heterocycles. The summed E-state index contributed by atoms with van der Waals surface area (Å²) in [6, 6.07) is 8.41. The van der Waals surface area contributed by atoms with E-state index in [1.54, 1.807) is 0 Å². The van der Waals surface area contributed by atoms with E-state index in [0.29, 0.717) is 19.2 Å². The Hall–Kier alpha value is -1.79. The quantitative estimate of drug-likeness (QED) is 0.880. The van der Waals surface area contributed by atoms with Crippen molar-refractivity contribution in [3.63, 3.8) is 0 Å². The lowest BCUT2D eigenvalue weighted by Crippen LogP contribution is -2.51. The monoisotopic (exact) mass is 345 g/mol. The zero-order valence-corrected chi connectivity index (χ0v) is 14.6. The van der Waals surface area contributed by atoms with Crippen molar-refractivity contribution < 1.29 is 14.3 Å². The van der Waals surface area contributed by atoms with Crippen LogP contribution in [0.15, 0.2) is 24.3 Å². The van der Waals surface area contributed by atoms with Gasteiger partial charge in [0.25, 0.3) is 0 Å². The maximum atomic E-state index is 12.4. The van der Waals surface area contributed by atoms with E-state index in [1.165, 1.54) is 12.8 Å². The molecule has 0 aliphatic carbocycles. The SMILES string of the molecule is O=C(NC[C@@H]1CN2CCC[C@@H]2CO1)N[C@H]1CCCOc2ccccc21. The molecular formula is C19H27N3O3. The number of fused-ring (bicyclic) bond motifs is 2. The van der Waals surface area contributed by atoms with Gasteiger partial charge in [-0.05, 0) is 38.3 Å². The summed E-state index contributed by atoms with van der Waals surface area (Å²) in [5, 5.41) is 6.09. The molecule has 0 saturated carbocycles. The van der Waals surface area contributed by atoms with Gasteiger partial charge in [0, 0.05) is 24.7 Å². The predicted molar refractivity (Wildman–Crippen MR) is 94.8 cm³/mol. The summed E-state index contributed by atoms with van der Waals surface area (Å²) in [6.07, 6.45) is 4.41. The van der Waals surface area contributed by atoms with Crippen molar-refractivity contribution in [1.29, 1.82) is 0 Å². The number of rotatable bonds is 3. The van der Waals surface area contributed by atoms with E-state index in [2.05, 4.69) is 15.5 Å². The van der Waals surface area contributed by atoms with Gasteiger partial charge in [0.1, 0.15) is 5.75 Å². The summed E-state index contributed by atoms with van der Waals surface area (Å²) in [6.45, 7) is 4.13. The Balaban J connectivity index is 1.29. The molecule has 2 fully saturated rings. The van der Waals surface area contributed by atoms with Gasteiger partial charge in [0.05, 0.1) is 25.4 Å². The first-order valence-corrected chi connectivity index (χ1v) is 9.41. The fourth-order valence-corrected chi connectivity index (χ4v) is 4.10. The van der Waals surface area contributed by atoms with Gasteiger partial charge in [0.15, 0.2) is 0 Å². The first kappa shape index (κ1) is 16.7. The van der Waals surface area contributed by atoms with Crippen molar-refractivity contribution in [2.75, 3.05) is 32.8 Å². The first-order valence-electron chi connectivity index (χ1n) is 9.41. The molecule has 0 unspecified atom stereocenters. The van der Waals surface area contributed by atoms with Gasteiger partial charge in [-0.25, -0.2) is 4.79 Å². The molecule has 0 spiro atoms. The van der Waals surface area contributed by atoms with Gasteiger partial charge < -0.3 is 20.1 Å². The molecule has 1 aromatic rings. The Morgan fingerprint density at radius 3 is 3.12 bits per heavy atom. The highest BCUT2D eigenvalue weighted by atomic mass is 16.5. The van der Waals surface area contributed by atoms with Crippen molar-refractivity contribution in [2.45, 2.75) is 43.9 Å². The van der Waals surface area contributed by atoms with Crippen LogP contribution in [0.1, 0.15) is 37.3 Å². The van der Waals surface area contributed by atoms with Crippen LogP contribution in [-0.4, -0.2) is 55.9 Å². The van der Waals surface area contributed by atoms with Crippen LogP contribution in [0.25, 0.3) is 0 Å². The van der Waals surface area contributed by atoms with Gasteiger partial charge in [-0.3, -0.25) is 4.90 Å². The lowest BCUT2D eigenvalue weighted by molar-refractivity contribution is -0.0458. The van der Waals surface area contributed by atoms with Crippen LogP contribution in [0.2, 0.25) is 0 Å².